The fraction of sp³-hybridized carbons (Fsp3) is 0.686. The van der Waals surface area contributed by atoms with Crippen LogP contribution in [0.5, 0.6) is 0 Å². The Labute approximate surface area is 300 Å². The maximum Gasteiger partial charge on any atom is 0.315 e. The number of piperidine rings is 1. The minimum absolute atomic E-state index is 0.00933. The topological polar surface area (TPSA) is 174 Å². The van der Waals surface area contributed by atoms with E-state index < -0.39 is 74.6 Å². The lowest BCUT2D eigenvalue weighted by Crippen LogP contribution is -2.63. The van der Waals surface area contributed by atoms with Crippen LogP contribution >= 0.6 is 11.3 Å². The first kappa shape index (κ1) is 39.5. The van der Waals surface area contributed by atoms with Gasteiger partial charge in [-0.3, -0.25) is 19.2 Å². The van der Waals surface area contributed by atoms with Gasteiger partial charge in [0.1, 0.15) is 22.3 Å². The molecule has 1 unspecified atom stereocenters. The minimum atomic E-state index is -3.77. The maximum atomic E-state index is 14.4. The van der Waals surface area contributed by atoms with E-state index in [1.165, 1.54) is 28.4 Å². The molecule has 0 spiro atoms. The molecule has 0 aromatic carbocycles. The summed E-state index contributed by atoms with van der Waals surface area (Å²) >= 11 is 1.11. The van der Waals surface area contributed by atoms with E-state index in [1.807, 2.05) is 55.4 Å². The monoisotopic (exact) mass is 734 g/mol. The molecule has 2 heterocycles. The second kappa shape index (κ2) is 14.4. The molecule has 2 aliphatic carbocycles. The van der Waals surface area contributed by atoms with E-state index in [2.05, 4.69) is 27.8 Å². The molecule has 13 nitrogen and oxygen atoms in total. The van der Waals surface area contributed by atoms with E-state index in [0.29, 0.717) is 19.4 Å². The van der Waals surface area contributed by atoms with Gasteiger partial charge in [0.05, 0.1) is 0 Å². The number of amides is 5. The summed E-state index contributed by atoms with van der Waals surface area (Å²) in [4.78, 5) is 69.2. The number of likely N-dealkylation sites (N-methyl/N-ethyl adjacent to an activating group) is 1. The standard InChI is InChI=1S/C35H54N6O7S2/c1-11-16-36-30(44)27(42)25(20-14-15-20)38-29(43)26-24-21(35(24,8)9)18-41(26)31(45)28(34(5,6)7)39-32(46)37-22(33(2,3)4)19-40(10)50(47,48)23-13-12-17-49-23/h11-13,17,20-22,24-26,28H,1,14-16,18-19H2,2-10H3,(H,36,44)(H,38,43)(H2,37,39,46)/t21-,22+,24-,25?,26-,28+/m0/s1. The molecule has 0 radical (unpaired) electrons. The lowest BCUT2D eigenvalue weighted by Gasteiger charge is -2.39. The molecular weight excluding hydrogens is 681 g/mol. The van der Waals surface area contributed by atoms with Crippen LogP contribution in [0.25, 0.3) is 0 Å². The molecule has 1 saturated heterocycles. The maximum absolute atomic E-state index is 14.4. The fourth-order valence-electron chi connectivity index (χ4n) is 6.87. The molecular formula is C35H54N6O7S2. The number of sulfonamides is 1. The van der Waals surface area contributed by atoms with Gasteiger partial charge < -0.3 is 26.2 Å². The van der Waals surface area contributed by atoms with Crippen molar-refractivity contribution in [2.24, 2.45) is 34.0 Å². The lowest BCUT2D eigenvalue weighted by atomic mass is 9.85. The highest BCUT2D eigenvalue weighted by atomic mass is 32.2. The van der Waals surface area contributed by atoms with Crippen LogP contribution in [0.1, 0.15) is 68.2 Å². The van der Waals surface area contributed by atoms with E-state index in [4.69, 9.17) is 0 Å². The zero-order valence-corrected chi connectivity index (χ0v) is 32.3. The highest BCUT2D eigenvalue weighted by molar-refractivity contribution is 7.91. The van der Waals surface area contributed by atoms with Crippen molar-refractivity contribution in [2.45, 2.75) is 96.6 Å². The number of nitrogens with zero attached hydrogens (tertiary/aromatic N) is 2. The molecule has 4 rings (SSSR count). The van der Waals surface area contributed by atoms with Gasteiger partial charge in [-0.15, -0.1) is 17.9 Å². The highest BCUT2D eigenvalue weighted by Crippen LogP contribution is 2.65. The number of carbonyl (C=O) groups excluding carboxylic acids is 5. The van der Waals surface area contributed by atoms with Gasteiger partial charge in [0, 0.05) is 32.7 Å². The van der Waals surface area contributed by atoms with Gasteiger partial charge in [-0.25, -0.2) is 13.2 Å². The summed E-state index contributed by atoms with van der Waals surface area (Å²) in [6, 6.07) is -1.00. The second-order valence-corrected chi connectivity index (χ2v) is 19.8. The van der Waals surface area contributed by atoms with Crippen LogP contribution in [0.2, 0.25) is 0 Å². The van der Waals surface area contributed by atoms with Crippen LogP contribution in [0.15, 0.2) is 34.4 Å². The molecule has 6 atom stereocenters. The van der Waals surface area contributed by atoms with Crippen molar-refractivity contribution in [3.63, 3.8) is 0 Å². The summed E-state index contributed by atoms with van der Waals surface area (Å²) in [7, 11) is -2.31. The summed E-state index contributed by atoms with van der Waals surface area (Å²) in [6.07, 6.45) is 2.87. The van der Waals surface area contributed by atoms with Gasteiger partial charge in [-0.05, 0) is 58.3 Å². The first-order valence-corrected chi connectivity index (χ1v) is 19.5. The van der Waals surface area contributed by atoms with Gasteiger partial charge in [-0.2, -0.15) is 4.31 Å². The molecule has 3 fully saturated rings. The molecule has 2 saturated carbocycles. The van der Waals surface area contributed by atoms with Crippen LogP contribution in [0, 0.1) is 34.0 Å². The van der Waals surface area contributed by atoms with E-state index in [1.54, 1.807) is 11.4 Å². The van der Waals surface area contributed by atoms with Crippen molar-refractivity contribution < 1.29 is 32.4 Å². The molecule has 1 aliphatic heterocycles. The summed E-state index contributed by atoms with van der Waals surface area (Å²) in [5.41, 5.74) is -1.54. The van der Waals surface area contributed by atoms with Crippen molar-refractivity contribution in [1.29, 1.82) is 0 Å². The molecule has 278 valence electrons. The Morgan fingerprint density at radius 2 is 1.70 bits per heavy atom. The first-order valence-electron chi connectivity index (χ1n) is 17.1. The third-order valence-corrected chi connectivity index (χ3v) is 13.6. The van der Waals surface area contributed by atoms with E-state index in [0.717, 1.165) is 11.3 Å². The summed E-state index contributed by atoms with van der Waals surface area (Å²) in [5, 5.41) is 12.8. The summed E-state index contributed by atoms with van der Waals surface area (Å²) < 4.78 is 27.7. The number of fused-ring (bicyclic) bond motifs is 1. The van der Waals surface area contributed by atoms with Crippen LogP contribution in [0.4, 0.5) is 4.79 Å². The average molecular weight is 735 g/mol. The van der Waals surface area contributed by atoms with Crippen LogP contribution in [-0.4, -0.2) is 98.0 Å². The average Bonchev–Trinajstić information content (AvgIpc) is 3.73. The summed E-state index contributed by atoms with van der Waals surface area (Å²) in [5.74, 6) is -2.70. The third-order valence-electron chi connectivity index (χ3n) is 10.4. The molecule has 0 bridgehead atoms. The van der Waals surface area contributed by atoms with Crippen LogP contribution in [-0.2, 0) is 29.2 Å². The van der Waals surface area contributed by atoms with Gasteiger partial charge in [-0.1, -0.05) is 67.5 Å². The molecule has 1 aromatic rings. The van der Waals surface area contributed by atoms with Crippen molar-refractivity contribution >= 4 is 50.9 Å². The molecule has 1 aromatic heterocycles. The van der Waals surface area contributed by atoms with Crippen molar-refractivity contribution in [3.8, 4) is 0 Å². The molecule has 4 N–H and O–H groups in total. The van der Waals surface area contributed by atoms with Crippen molar-refractivity contribution in [1.82, 2.24) is 30.5 Å². The van der Waals surface area contributed by atoms with Crippen LogP contribution in [0.3, 0.4) is 0 Å². The number of rotatable bonds is 14. The van der Waals surface area contributed by atoms with Gasteiger partial charge >= 0.3 is 6.03 Å². The smallest absolute Gasteiger partial charge is 0.315 e. The van der Waals surface area contributed by atoms with E-state index in [9.17, 15) is 32.4 Å². The van der Waals surface area contributed by atoms with Gasteiger partial charge in [0.2, 0.25) is 17.6 Å². The van der Waals surface area contributed by atoms with E-state index in [-0.39, 0.29) is 40.5 Å². The molecule has 5 amide bonds. The number of hydrogen-bond donors (Lipinski definition) is 4. The van der Waals surface area contributed by atoms with Crippen LogP contribution < -0.4 is 21.3 Å². The Morgan fingerprint density at radius 3 is 2.22 bits per heavy atom. The quantitative estimate of drug-likeness (QED) is 0.168. The fourth-order valence-corrected chi connectivity index (χ4v) is 9.26. The minimum Gasteiger partial charge on any atom is -0.346 e. The molecule has 3 aliphatic rings. The van der Waals surface area contributed by atoms with Crippen molar-refractivity contribution in [2.75, 3.05) is 26.7 Å². The zero-order valence-electron chi connectivity index (χ0n) is 30.7. The predicted octanol–water partition coefficient (Wildman–Crippen LogP) is 2.75. The van der Waals surface area contributed by atoms with Crippen molar-refractivity contribution in [3.05, 3.63) is 30.2 Å². The van der Waals surface area contributed by atoms with Gasteiger partial charge in [0.15, 0.2) is 0 Å². The summed E-state index contributed by atoms with van der Waals surface area (Å²) in [6.45, 7) is 19.2. The SMILES string of the molecule is C=CCNC(=O)C(=O)C(NC(=O)[C@@H]1[C@@H]2[C@H](CN1C(=O)[C@@H](NC(=O)N[C@H](CN(C)S(=O)(=O)c1cccs1)C(C)(C)C)C(C)(C)C)C2(C)C)C1CC1. The number of likely N-dealkylation sites (tertiary alicyclic amines) is 1. The Morgan fingerprint density at radius 1 is 1.06 bits per heavy atom. The molecule has 50 heavy (non-hydrogen) atoms. The Bertz CT molecular complexity index is 1590. The molecule has 15 heteroatoms. The lowest BCUT2D eigenvalue weighted by molar-refractivity contribution is -0.145. The normalized spacial score (nSPS) is 23.2. The Balaban J connectivity index is 1.52. The third kappa shape index (κ3) is 8.42. The zero-order chi connectivity index (χ0) is 37.6. The number of carbonyl (C=O) groups is 5. The second-order valence-electron chi connectivity index (χ2n) is 16.6. The largest absolute Gasteiger partial charge is 0.346 e. The number of urea groups is 1. The number of Topliss-reactive ketones (excluding diaryl/α,β-unsaturated/α-hetero) is 1. The van der Waals surface area contributed by atoms with Gasteiger partial charge in [0.25, 0.3) is 15.9 Å². The number of thiophene rings is 1. The number of ketones is 1. The first-order chi connectivity index (χ1) is 23.0. The Kier molecular flexibility index (Phi) is 11.4. The number of nitrogens with one attached hydrogen (secondary N) is 4. The Hall–Kier alpha value is -3.30. The van der Waals surface area contributed by atoms with E-state index >= 15 is 0 Å². The predicted molar refractivity (Wildman–Crippen MR) is 191 cm³/mol. The number of hydrogen-bond acceptors (Lipinski definition) is 8. The highest BCUT2D eigenvalue weighted by Gasteiger charge is 2.70.